The van der Waals surface area contributed by atoms with Crippen molar-refractivity contribution in [2.24, 2.45) is 0 Å². The molecule has 0 unspecified atom stereocenters. The number of ether oxygens (including phenoxy) is 2. The van der Waals surface area contributed by atoms with E-state index in [4.69, 9.17) is 9.47 Å². The second kappa shape index (κ2) is 6.39. The number of methoxy groups -OCH3 is 1. The highest BCUT2D eigenvalue weighted by Crippen LogP contribution is 2.24. The minimum atomic E-state index is -0.471. The van der Waals surface area contributed by atoms with Crippen LogP contribution in [0.5, 0.6) is 11.6 Å². The van der Waals surface area contributed by atoms with Crippen molar-refractivity contribution in [2.75, 3.05) is 7.11 Å². The maximum atomic E-state index is 9.55. The molecule has 0 saturated heterocycles. The third-order valence-corrected chi connectivity index (χ3v) is 3.11. The number of rotatable bonds is 5. The van der Waals surface area contributed by atoms with E-state index in [1.165, 1.54) is 0 Å². The molecule has 0 aliphatic carbocycles. The Labute approximate surface area is 119 Å². The Kier molecular flexibility index (Phi) is 4.58. The molecule has 1 atom stereocenters. The first-order chi connectivity index (χ1) is 9.61. The highest BCUT2D eigenvalue weighted by molar-refractivity contribution is 5.37. The number of aliphatic hydroxyl groups excluding tert-OH is 1. The lowest BCUT2D eigenvalue weighted by atomic mass is 10.1. The summed E-state index contributed by atoms with van der Waals surface area (Å²) in [6.45, 7) is 4.10. The lowest BCUT2D eigenvalue weighted by Gasteiger charge is -2.13. The molecule has 0 aliphatic heterocycles. The summed E-state index contributed by atoms with van der Waals surface area (Å²) in [6.07, 6.45) is 1.21. The fourth-order valence-electron chi connectivity index (χ4n) is 1.97. The summed E-state index contributed by atoms with van der Waals surface area (Å²) in [5, 5.41) is 9.55. The molecule has 20 heavy (non-hydrogen) atoms. The molecule has 0 radical (unpaired) electrons. The number of pyridine rings is 1. The molecule has 0 fully saturated rings. The van der Waals surface area contributed by atoms with Crippen LogP contribution in [0.2, 0.25) is 0 Å². The summed E-state index contributed by atoms with van der Waals surface area (Å²) in [6, 6.07) is 9.45. The van der Waals surface area contributed by atoms with Crippen molar-refractivity contribution in [3.8, 4) is 11.6 Å². The third kappa shape index (κ3) is 3.27. The fourth-order valence-corrected chi connectivity index (χ4v) is 1.97. The molecule has 1 aromatic carbocycles. The molecule has 1 N–H and O–H groups in total. The Morgan fingerprint density at radius 2 is 2.10 bits per heavy atom. The standard InChI is InChI=1S/C16H19NO3/c1-11-9-13(12(2)18)6-7-15(11)20-10-14-5-4-8-17-16(14)19-3/h4-9,12,18H,10H2,1-3H3/t12-/m0/s1. The minimum Gasteiger partial charge on any atom is -0.488 e. The maximum absolute atomic E-state index is 9.55. The highest BCUT2D eigenvalue weighted by atomic mass is 16.5. The Morgan fingerprint density at radius 1 is 1.30 bits per heavy atom. The van der Waals surface area contributed by atoms with Gasteiger partial charge in [0.1, 0.15) is 12.4 Å². The van der Waals surface area contributed by atoms with Gasteiger partial charge in [0, 0.05) is 6.20 Å². The van der Waals surface area contributed by atoms with Gasteiger partial charge in [-0.1, -0.05) is 6.07 Å². The van der Waals surface area contributed by atoms with Gasteiger partial charge >= 0.3 is 0 Å². The van der Waals surface area contributed by atoms with Crippen molar-refractivity contribution in [1.82, 2.24) is 4.98 Å². The van der Waals surface area contributed by atoms with Crippen LogP contribution in [-0.2, 0) is 6.61 Å². The number of nitrogens with zero attached hydrogens (tertiary/aromatic N) is 1. The van der Waals surface area contributed by atoms with Crippen molar-refractivity contribution in [2.45, 2.75) is 26.6 Å². The lowest BCUT2D eigenvalue weighted by Crippen LogP contribution is -2.01. The number of hydrogen-bond acceptors (Lipinski definition) is 4. The second-order valence-electron chi connectivity index (χ2n) is 4.66. The lowest BCUT2D eigenvalue weighted by molar-refractivity contribution is 0.199. The average Bonchev–Trinajstić information content (AvgIpc) is 2.46. The van der Waals surface area contributed by atoms with Gasteiger partial charge in [0.25, 0.3) is 0 Å². The molecule has 1 heterocycles. The van der Waals surface area contributed by atoms with E-state index in [-0.39, 0.29) is 0 Å². The molecule has 0 bridgehead atoms. The molecular weight excluding hydrogens is 254 g/mol. The van der Waals surface area contributed by atoms with E-state index in [2.05, 4.69) is 4.98 Å². The van der Waals surface area contributed by atoms with Crippen LogP contribution in [0.15, 0.2) is 36.5 Å². The maximum Gasteiger partial charge on any atom is 0.219 e. The monoisotopic (exact) mass is 273 g/mol. The zero-order valence-corrected chi connectivity index (χ0v) is 12.0. The van der Waals surface area contributed by atoms with Gasteiger partial charge in [-0.2, -0.15) is 0 Å². The van der Waals surface area contributed by atoms with Gasteiger partial charge < -0.3 is 14.6 Å². The van der Waals surface area contributed by atoms with Crippen LogP contribution in [0.25, 0.3) is 0 Å². The van der Waals surface area contributed by atoms with E-state index < -0.39 is 6.10 Å². The summed E-state index contributed by atoms with van der Waals surface area (Å²) >= 11 is 0. The fraction of sp³-hybridized carbons (Fsp3) is 0.312. The average molecular weight is 273 g/mol. The Hall–Kier alpha value is -2.07. The molecule has 0 amide bonds. The van der Waals surface area contributed by atoms with E-state index in [0.717, 1.165) is 22.4 Å². The van der Waals surface area contributed by atoms with Crippen molar-refractivity contribution in [3.63, 3.8) is 0 Å². The summed E-state index contributed by atoms with van der Waals surface area (Å²) in [4.78, 5) is 4.13. The van der Waals surface area contributed by atoms with Gasteiger partial charge in [-0.05, 0) is 49.2 Å². The molecule has 0 spiro atoms. The van der Waals surface area contributed by atoms with E-state index in [1.54, 1.807) is 20.2 Å². The zero-order chi connectivity index (χ0) is 14.5. The first-order valence-corrected chi connectivity index (χ1v) is 6.51. The van der Waals surface area contributed by atoms with Crippen molar-refractivity contribution >= 4 is 0 Å². The zero-order valence-electron chi connectivity index (χ0n) is 12.0. The normalized spacial score (nSPS) is 12.0. The smallest absolute Gasteiger partial charge is 0.219 e. The summed E-state index contributed by atoms with van der Waals surface area (Å²) in [5.74, 6) is 1.37. The first-order valence-electron chi connectivity index (χ1n) is 6.51. The predicted octanol–water partition coefficient (Wildman–Crippen LogP) is 3.03. The number of aromatic nitrogens is 1. The Bertz CT molecular complexity index is 582. The van der Waals surface area contributed by atoms with E-state index in [9.17, 15) is 5.11 Å². The number of aryl methyl sites for hydroxylation is 1. The van der Waals surface area contributed by atoms with E-state index in [1.807, 2.05) is 37.3 Å². The van der Waals surface area contributed by atoms with Gasteiger partial charge in [0.2, 0.25) is 5.88 Å². The molecule has 4 nitrogen and oxygen atoms in total. The van der Waals surface area contributed by atoms with Crippen LogP contribution in [-0.4, -0.2) is 17.2 Å². The van der Waals surface area contributed by atoms with Gasteiger partial charge in [0.05, 0.1) is 18.8 Å². The second-order valence-corrected chi connectivity index (χ2v) is 4.66. The number of aliphatic hydroxyl groups is 1. The predicted molar refractivity (Wildman–Crippen MR) is 76.9 cm³/mol. The molecule has 4 heteroatoms. The van der Waals surface area contributed by atoms with Crippen molar-refractivity contribution in [3.05, 3.63) is 53.2 Å². The summed E-state index contributed by atoms with van der Waals surface area (Å²) < 4.78 is 11.0. The molecule has 106 valence electrons. The van der Waals surface area contributed by atoms with Gasteiger partial charge in [-0.3, -0.25) is 0 Å². The van der Waals surface area contributed by atoms with Crippen LogP contribution in [0.1, 0.15) is 29.7 Å². The van der Waals surface area contributed by atoms with Crippen LogP contribution in [0, 0.1) is 6.92 Å². The summed E-state index contributed by atoms with van der Waals surface area (Å²) in [5.41, 5.74) is 2.77. The molecule has 0 saturated carbocycles. The van der Waals surface area contributed by atoms with Crippen molar-refractivity contribution < 1.29 is 14.6 Å². The SMILES string of the molecule is COc1ncccc1COc1ccc([C@H](C)O)cc1C. The van der Waals surface area contributed by atoms with Crippen LogP contribution in [0.4, 0.5) is 0 Å². The van der Waals surface area contributed by atoms with Crippen LogP contribution in [0.3, 0.4) is 0 Å². The molecule has 1 aromatic heterocycles. The Morgan fingerprint density at radius 3 is 2.75 bits per heavy atom. The van der Waals surface area contributed by atoms with Crippen LogP contribution < -0.4 is 9.47 Å². The van der Waals surface area contributed by atoms with Gasteiger partial charge in [-0.15, -0.1) is 0 Å². The van der Waals surface area contributed by atoms with Gasteiger partial charge in [-0.25, -0.2) is 4.98 Å². The van der Waals surface area contributed by atoms with E-state index in [0.29, 0.717) is 12.5 Å². The molecular formula is C16H19NO3. The van der Waals surface area contributed by atoms with E-state index >= 15 is 0 Å². The van der Waals surface area contributed by atoms with Crippen molar-refractivity contribution in [1.29, 1.82) is 0 Å². The molecule has 2 aromatic rings. The minimum absolute atomic E-state index is 0.395. The Balaban J connectivity index is 2.11. The number of benzene rings is 1. The molecule has 2 rings (SSSR count). The quantitative estimate of drug-likeness (QED) is 0.909. The largest absolute Gasteiger partial charge is 0.488 e. The highest BCUT2D eigenvalue weighted by Gasteiger charge is 2.07. The van der Waals surface area contributed by atoms with Gasteiger partial charge in [0.15, 0.2) is 0 Å². The first kappa shape index (κ1) is 14.3. The topological polar surface area (TPSA) is 51.6 Å². The molecule has 0 aliphatic rings. The third-order valence-electron chi connectivity index (χ3n) is 3.11. The summed E-state index contributed by atoms with van der Waals surface area (Å²) in [7, 11) is 1.59. The van der Waals surface area contributed by atoms with Crippen LogP contribution >= 0.6 is 0 Å². The number of hydrogen-bond donors (Lipinski definition) is 1.